The molecule has 124 valence electrons. The van der Waals surface area contributed by atoms with Crippen LogP contribution in [0.15, 0.2) is 11.2 Å². The molecule has 2 aliphatic heterocycles. The Hall–Kier alpha value is -0.920. The summed E-state index contributed by atoms with van der Waals surface area (Å²) in [7, 11) is -3.42. The van der Waals surface area contributed by atoms with Crippen molar-refractivity contribution in [3.8, 4) is 0 Å². The van der Waals surface area contributed by atoms with E-state index in [-0.39, 0.29) is 5.03 Å². The van der Waals surface area contributed by atoms with Gasteiger partial charge in [0, 0.05) is 32.3 Å². The Morgan fingerprint density at radius 3 is 2.73 bits per heavy atom. The Morgan fingerprint density at radius 1 is 1.27 bits per heavy atom. The molecule has 0 atom stereocenters. The lowest BCUT2D eigenvalue weighted by Gasteiger charge is -2.30. The van der Waals surface area contributed by atoms with Gasteiger partial charge in [-0.1, -0.05) is 6.92 Å². The van der Waals surface area contributed by atoms with Gasteiger partial charge in [0.1, 0.15) is 5.82 Å². The largest absolute Gasteiger partial charge is 0.333 e. The van der Waals surface area contributed by atoms with E-state index in [1.807, 2.05) is 4.57 Å². The molecule has 7 heteroatoms. The van der Waals surface area contributed by atoms with Crippen molar-refractivity contribution in [2.45, 2.75) is 50.6 Å². The van der Waals surface area contributed by atoms with Gasteiger partial charge in [-0.25, -0.2) is 13.4 Å². The van der Waals surface area contributed by atoms with Crippen LogP contribution in [0, 0.1) is 5.92 Å². The molecular weight excluding hydrogens is 300 g/mol. The summed E-state index contributed by atoms with van der Waals surface area (Å²) in [5, 5.41) is 3.60. The lowest BCUT2D eigenvalue weighted by Crippen LogP contribution is -2.40. The Balaban J connectivity index is 1.67. The number of nitrogens with zero attached hydrogens (tertiary/aromatic N) is 3. The van der Waals surface area contributed by atoms with Crippen LogP contribution in [0.25, 0.3) is 0 Å². The zero-order valence-electron chi connectivity index (χ0n) is 13.3. The van der Waals surface area contributed by atoms with E-state index in [0.29, 0.717) is 19.0 Å². The molecule has 22 heavy (non-hydrogen) atoms. The van der Waals surface area contributed by atoms with Crippen molar-refractivity contribution >= 4 is 10.0 Å². The van der Waals surface area contributed by atoms with E-state index in [1.165, 1.54) is 0 Å². The van der Waals surface area contributed by atoms with Crippen LogP contribution in [0.5, 0.6) is 0 Å². The number of aromatic nitrogens is 2. The predicted molar refractivity (Wildman–Crippen MR) is 85.2 cm³/mol. The van der Waals surface area contributed by atoms with Crippen LogP contribution in [-0.4, -0.2) is 48.5 Å². The fourth-order valence-electron chi connectivity index (χ4n) is 3.35. The highest BCUT2D eigenvalue weighted by molar-refractivity contribution is 7.89. The lowest BCUT2D eigenvalue weighted by atomic mass is 9.98. The van der Waals surface area contributed by atoms with Gasteiger partial charge in [0.05, 0.1) is 0 Å². The van der Waals surface area contributed by atoms with E-state index >= 15 is 0 Å². The van der Waals surface area contributed by atoms with Crippen LogP contribution in [0.1, 0.15) is 38.4 Å². The highest BCUT2D eigenvalue weighted by Gasteiger charge is 2.31. The van der Waals surface area contributed by atoms with Crippen LogP contribution in [0.3, 0.4) is 0 Å². The summed E-state index contributed by atoms with van der Waals surface area (Å²) in [6.07, 6.45) is 6.69. The first-order valence-electron chi connectivity index (χ1n) is 8.38. The molecule has 0 radical (unpaired) electrons. The molecule has 6 nitrogen and oxygen atoms in total. The Kier molecular flexibility index (Phi) is 4.84. The smallest absolute Gasteiger partial charge is 0.262 e. The second kappa shape index (κ2) is 6.68. The molecule has 0 saturated carbocycles. The third-order valence-corrected chi connectivity index (χ3v) is 6.52. The zero-order chi connectivity index (χ0) is 15.6. The molecular formula is C15H26N4O2S. The number of sulfonamides is 1. The number of fused-ring (bicyclic) bond motifs is 1. The molecule has 3 heterocycles. The molecule has 0 aliphatic carbocycles. The minimum absolute atomic E-state index is 0.245. The van der Waals surface area contributed by atoms with Crippen molar-refractivity contribution in [2.24, 2.45) is 5.92 Å². The zero-order valence-corrected chi connectivity index (χ0v) is 14.1. The summed E-state index contributed by atoms with van der Waals surface area (Å²) in [5.74, 6) is 1.51. The molecule has 0 unspecified atom stereocenters. The summed E-state index contributed by atoms with van der Waals surface area (Å²) in [5.41, 5.74) is 0. The van der Waals surface area contributed by atoms with Crippen molar-refractivity contribution in [3.63, 3.8) is 0 Å². The first-order chi connectivity index (χ1) is 10.6. The van der Waals surface area contributed by atoms with Crippen molar-refractivity contribution in [3.05, 3.63) is 12.0 Å². The molecule has 1 N–H and O–H groups in total. The number of nitrogens with one attached hydrogen (secondary N) is 1. The maximum atomic E-state index is 12.8. The second-order valence-corrected chi connectivity index (χ2v) is 8.19. The van der Waals surface area contributed by atoms with E-state index < -0.39 is 10.0 Å². The lowest BCUT2D eigenvalue weighted by molar-refractivity contribution is 0.268. The molecule has 0 spiro atoms. The molecule has 0 bridgehead atoms. The van der Waals surface area contributed by atoms with E-state index in [4.69, 9.17) is 0 Å². The number of rotatable bonds is 5. The van der Waals surface area contributed by atoms with E-state index in [0.717, 1.165) is 57.6 Å². The van der Waals surface area contributed by atoms with Gasteiger partial charge >= 0.3 is 0 Å². The fourth-order valence-corrected chi connectivity index (χ4v) is 4.78. The van der Waals surface area contributed by atoms with E-state index in [1.54, 1.807) is 10.5 Å². The standard InChI is InChI=1S/C15H26N4O2S/c1-2-16-11-13-6-9-19(10-7-13)22(20,21)15-12-18-8-4-3-5-14(18)17-15/h12-13,16H,2-11H2,1H3. The summed E-state index contributed by atoms with van der Waals surface area (Å²) in [4.78, 5) is 4.39. The van der Waals surface area contributed by atoms with Gasteiger partial charge in [-0.3, -0.25) is 0 Å². The quantitative estimate of drug-likeness (QED) is 0.884. The summed E-state index contributed by atoms with van der Waals surface area (Å²) in [6, 6.07) is 0. The van der Waals surface area contributed by atoms with Gasteiger partial charge in [0.15, 0.2) is 5.03 Å². The van der Waals surface area contributed by atoms with Gasteiger partial charge in [0.2, 0.25) is 0 Å². The third kappa shape index (κ3) is 3.21. The second-order valence-electron chi connectivity index (χ2n) is 6.30. The highest BCUT2D eigenvalue weighted by Crippen LogP contribution is 2.24. The summed E-state index contributed by atoms with van der Waals surface area (Å²) in [6.45, 7) is 6.17. The third-order valence-electron chi connectivity index (χ3n) is 4.75. The molecule has 1 saturated heterocycles. The van der Waals surface area contributed by atoms with Gasteiger partial charge < -0.3 is 9.88 Å². The molecule has 2 aliphatic rings. The number of aryl methyl sites for hydroxylation is 2. The van der Waals surface area contributed by atoms with Crippen LogP contribution < -0.4 is 5.32 Å². The van der Waals surface area contributed by atoms with Gasteiger partial charge in [-0.15, -0.1) is 0 Å². The van der Waals surface area contributed by atoms with Crippen molar-refractivity contribution in [2.75, 3.05) is 26.2 Å². The summed E-state index contributed by atoms with van der Waals surface area (Å²) < 4.78 is 29.1. The normalized spacial score (nSPS) is 21.0. The van der Waals surface area contributed by atoms with Crippen LogP contribution in [0.2, 0.25) is 0 Å². The topological polar surface area (TPSA) is 67.2 Å². The number of imidazole rings is 1. The monoisotopic (exact) mass is 326 g/mol. The van der Waals surface area contributed by atoms with Crippen molar-refractivity contribution < 1.29 is 8.42 Å². The minimum Gasteiger partial charge on any atom is -0.333 e. The van der Waals surface area contributed by atoms with E-state index in [9.17, 15) is 8.42 Å². The van der Waals surface area contributed by atoms with E-state index in [2.05, 4.69) is 17.2 Å². The predicted octanol–water partition coefficient (Wildman–Crippen LogP) is 1.23. The SMILES string of the molecule is CCNCC1CCN(S(=O)(=O)c2cn3c(n2)CCCC3)CC1. The van der Waals surface area contributed by atoms with Gasteiger partial charge in [-0.2, -0.15) is 4.31 Å². The summed E-state index contributed by atoms with van der Waals surface area (Å²) >= 11 is 0. The average molecular weight is 326 g/mol. The number of piperidine rings is 1. The molecule has 0 aromatic carbocycles. The van der Waals surface area contributed by atoms with Gasteiger partial charge in [-0.05, 0) is 44.7 Å². The first-order valence-corrected chi connectivity index (χ1v) is 9.82. The van der Waals surface area contributed by atoms with Crippen molar-refractivity contribution in [1.82, 2.24) is 19.2 Å². The molecule has 1 aromatic rings. The average Bonchev–Trinajstić information content (AvgIpc) is 2.98. The Morgan fingerprint density at radius 2 is 2.05 bits per heavy atom. The minimum atomic E-state index is -3.42. The van der Waals surface area contributed by atoms with Crippen LogP contribution in [0.4, 0.5) is 0 Å². The first kappa shape index (κ1) is 16.0. The molecule has 1 fully saturated rings. The maximum Gasteiger partial charge on any atom is 0.262 e. The number of hydrogen-bond donors (Lipinski definition) is 1. The van der Waals surface area contributed by atoms with Crippen molar-refractivity contribution in [1.29, 1.82) is 0 Å². The maximum absolute atomic E-state index is 12.8. The molecule has 3 rings (SSSR count). The Bertz CT molecular complexity index is 580. The Labute approximate surface area is 133 Å². The van der Waals surface area contributed by atoms with Crippen LogP contribution >= 0.6 is 0 Å². The van der Waals surface area contributed by atoms with Gasteiger partial charge in [0.25, 0.3) is 10.0 Å². The molecule has 1 aromatic heterocycles. The highest BCUT2D eigenvalue weighted by atomic mass is 32.2. The molecule has 0 amide bonds. The fraction of sp³-hybridized carbons (Fsp3) is 0.800. The number of hydrogen-bond acceptors (Lipinski definition) is 4. The van der Waals surface area contributed by atoms with Crippen LogP contribution in [-0.2, 0) is 23.0 Å².